The van der Waals surface area contributed by atoms with Crippen molar-refractivity contribution in [2.75, 3.05) is 29.6 Å². The van der Waals surface area contributed by atoms with Crippen molar-refractivity contribution in [3.05, 3.63) is 35.5 Å². The highest BCUT2D eigenvalue weighted by atomic mass is 32.2. The van der Waals surface area contributed by atoms with Gasteiger partial charge in [0.2, 0.25) is 5.92 Å². The number of piperidine rings is 1. The third kappa shape index (κ3) is 5.08. The summed E-state index contributed by atoms with van der Waals surface area (Å²) in [5.41, 5.74) is 2.44. The molecule has 2 aromatic rings. The molecule has 0 radical (unpaired) electrons. The van der Waals surface area contributed by atoms with Crippen LogP contribution in [0.2, 0.25) is 0 Å². The number of carbonyl (C=O) groups excluding carboxylic acids is 1. The number of rotatable bonds is 5. The molecule has 1 atom stereocenters. The topological polar surface area (TPSA) is 91.1 Å². The van der Waals surface area contributed by atoms with Gasteiger partial charge in [0, 0.05) is 48.8 Å². The Morgan fingerprint density at radius 3 is 2.37 bits per heavy atom. The Labute approximate surface area is 205 Å². The van der Waals surface area contributed by atoms with E-state index in [9.17, 15) is 17.8 Å². The van der Waals surface area contributed by atoms with Gasteiger partial charge in [-0.25, -0.2) is 17.8 Å². The molecule has 1 aliphatic heterocycles. The van der Waals surface area contributed by atoms with Gasteiger partial charge in [0.1, 0.15) is 0 Å². The zero-order chi connectivity index (χ0) is 25.0. The van der Waals surface area contributed by atoms with E-state index in [1.165, 1.54) is 19.1 Å². The van der Waals surface area contributed by atoms with Gasteiger partial charge < -0.3 is 10.2 Å². The van der Waals surface area contributed by atoms with Gasteiger partial charge in [-0.1, -0.05) is 0 Å². The second-order valence-corrected chi connectivity index (χ2v) is 12.8. The normalized spacial score (nSPS) is 23.1. The van der Waals surface area contributed by atoms with E-state index in [0.717, 1.165) is 31.6 Å². The molecular formula is C25H33F2N5O2S. The summed E-state index contributed by atoms with van der Waals surface area (Å²) in [6.45, 7) is 3.52. The molecule has 2 heterocycles. The number of aryl methyl sites for hydroxylation is 1. The third-order valence-electron chi connectivity index (χ3n) is 7.98. The molecule has 7 nitrogen and oxygen atoms in total. The minimum absolute atomic E-state index is 0.104. The summed E-state index contributed by atoms with van der Waals surface area (Å²) >= 11 is 0. The molecule has 2 saturated carbocycles. The fourth-order valence-electron chi connectivity index (χ4n) is 5.48. The number of carbonyl (C=O) groups is 1. The van der Waals surface area contributed by atoms with Crippen LogP contribution in [0.3, 0.4) is 0 Å². The van der Waals surface area contributed by atoms with E-state index >= 15 is 0 Å². The molecule has 1 spiro atoms. The first-order valence-corrected chi connectivity index (χ1v) is 14.3. The van der Waals surface area contributed by atoms with Gasteiger partial charge in [0.25, 0.3) is 5.91 Å². The second-order valence-electron chi connectivity index (χ2n) is 10.7. The van der Waals surface area contributed by atoms with E-state index in [1.54, 1.807) is 28.9 Å². The zero-order valence-electron chi connectivity index (χ0n) is 20.3. The van der Waals surface area contributed by atoms with Crippen LogP contribution < -0.4 is 10.2 Å². The lowest BCUT2D eigenvalue weighted by Crippen LogP contribution is -2.35. The van der Waals surface area contributed by atoms with Crippen molar-refractivity contribution in [1.82, 2.24) is 9.78 Å². The molecule has 1 amide bonds. The number of anilines is 2. The fraction of sp³-hybridized carbons (Fsp3) is 0.600. The van der Waals surface area contributed by atoms with Crippen LogP contribution in [0.1, 0.15) is 73.5 Å². The highest BCUT2D eigenvalue weighted by Gasteiger charge is 2.44. The molecule has 2 aliphatic carbocycles. The minimum atomic E-state index is -2.93. The summed E-state index contributed by atoms with van der Waals surface area (Å²) in [6.07, 6.45) is 6.48. The van der Waals surface area contributed by atoms with Gasteiger partial charge in [-0.2, -0.15) is 5.10 Å². The number of nitrogens with one attached hydrogen (secondary N) is 2. The second kappa shape index (κ2) is 8.57. The lowest BCUT2D eigenvalue weighted by Gasteiger charge is -2.35. The van der Waals surface area contributed by atoms with Gasteiger partial charge in [-0.05, 0) is 69.1 Å². The molecule has 5 rings (SSSR count). The van der Waals surface area contributed by atoms with Crippen molar-refractivity contribution < 1.29 is 17.8 Å². The number of hydrogen-bond donors (Lipinski definition) is 2. The Morgan fingerprint density at radius 1 is 1.11 bits per heavy atom. The summed E-state index contributed by atoms with van der Waals surface area (Å²) in [6, 6.07) is 6.62. The molecule has 3 fully saturated rings. The Bertz CT molecular complexity index is 1230. The zero-order valence-corrected chi connectivity index (χ0v) is 21.1. The Morgan fingerprint density at radius 2 is 1.77 bits per heavy atom. The SMILES string of the molecule is Cc1cc(NC(=O)c2ccc([S@](C)(=N)=O)cc2N2CCC3(CC2)CC3)nn1C1CCC(F)(F)CC1. The monoisotopic (exact) mass is 505 g/mol. The fourth-order valence-corrected chi connectivity index (χ4v) is 6.14. The predicted octanol–water partition coefficient (Wildman–Crippen LogP) is 5.61. The molecule has 0 bridgehead atoms. The number of halogens is 2. The van der Waals surface area contributed by atoms with E-state index in [2.05, 4.69) is 15.3 Å². The molecule has 0 unspecified atom stereocenters. The Balaban J connectivity index is 1.37. The van der Waals surface area contributed by atoms with Crippen LogP contribution in [-0.2, 0) is 9.73 Å². The van der Waals surface area contributed by atoms with Crippen LogP contribution in [0.5, 0.6) is 0 Å². The van der Waals surface area contributed by atoms with Crippen molar-refractivity contribution in [1.29, 1.82) is 4.78 Å². The maximum Gasteiger partial charge on any atom is 0.258 e. The summed E-state index contributed by atoms with van der Waals surface area (Å²) < 4.78 is 49.3. The maximum absolute atomic E-state index is 13.6. The van der Waals surface area contributed by atoms with Crippen LogP contribution in [0.25, 0.3) is 0 Å². The number of benzene rings is 1. The van der Waals surface area contributed by atoms with Gasteiger partial charge in [0.05, 0.1) is 27.0 Å². The number of hydrogen-bond acceptors (Lipinski definition) is 5. The van der Waals surface area contributed by atoms with Crippen LogP contribution in [0.15, 0.2) is 29.2 Å². The van der Waals surface area contributed by atoms with Crippen LogP contribution in [0.4, 0.5) is 20.3 Å². The van der Waals surface area contributed by atoms with Crippen molar-refractivity contribution in [3.8, 4) is 0 Å². The smallest absolute Gasteiger partial charge is 0.258 e. The van der Waals surface area contributed by atoms with E-state index in [4.69, 9.17) is 4.78 Å². The highest BCUT2D eigenvalue weighted by Crippen LogP contribution is 2.54. The summed E-state index contributed by atoms with van der Waals surface area (Å²) in [5, 5.41) is 7.40. The van der Waals surface area contributed by atoms with Crippen molar-refractivity contribution >= 4 is 27.1 Å². The van der Waals surface area contributed by atoms with Crippen LogP contribution in [-0.4, -0.2) is 45.2 Å². The van der Waals surface area contributed by atoms with Crippen molar-refractivity contribution in [2.24, 2.45) is 5.41 Å². The molecule has 10 heteroatoms. The average Bonchev–Trinajstić information content (AvgIpc) is 3.45. The van der Waals surface area contributed by atoms with Gasteiger partial charge in [-0.3, -0.25) is 9.48 Å². The number of amides is 1. The van der Waals surface area contributed by atoms with Crippen molar-refractivity contribution in [3.63, 3.8) is 0 Å². The summed E-state index contributed by atoms with van der Waals surface area (Å²) in [7, 11) is -2.93. The summed E-state index contributed by atoms with van der Waals surface area (Å²) in [4.78, 5) is 15.9. The largest absolute Gasteiger partial charge is 0.371 e. The number of nitrogens with zero attached hydrogens (tertiary/aromatic N) is 3. The Kier molecular flexibility index (Phi) is 5.93. The average molecular weight is 506 g/mol. The van der Waals surface area contributed by atoms with E-state index in [1.807, 2.05) is 6.92 Å². The van der Waals surface area contributed by atoms with E-state index < -0.39 is 15.7 Å². The molecule has 1 aromatic carbocycles. The van der Waals surface area contributed by atoms with Gasteiger partial charge >= 0.3 is 0 Å². The summed E-state index contributed by atoms with van der Waals surface area (Å²) in [5.74, 6) is -2.55. The molecule has 3 aliphatic rings. The van der Waals surface area contributed by atoms with Gasteiger partial charge in [-0.15, -0.1) is 0 Å². The number of alkyl halides is 2. The maximum atomic E-state index is 13.6. The molecule has 190 valence electrons. The minimum Gasteiger partial charge on any atom is -0.371 e. The standard InChI is InChI=1S/C25H33F2N5O2S/c1-17-15-22(30-32(17)18-5-7-25(26,27)8-6-18)29-23(33)20-4-3-19(35(2,28)34)16-21(20)31-13-11-24(9-10-24)12-14-31/h3-4,15-16,18,28H,5-14H2,1-2H3,(H,29,30,33)/t35-/m1/s1. The first-order chi connectivity index (χ1) is 16.4. The molecule has 2 N–H and O–H groups in total. The highest BCUT2D eigenvalue weighted by molar-refractivity contribution is 7.91. The lowest BCUT2D eigenvalue weighted by atomic mass is 9.92. The number of aromatic nitrogens is 2. The quantitative estimate of drug-likeness (QED) is 0.553. The first-order valence-electron chi connectivity index (χ1n) is 12.3. The first kappa shape index (κ1) is 24.2. The van der Waals surface area contributed by atoms with E-state index in [-0.39, 0.29) is 24.8 Å². The molecule has 35 heavy (non-hydrogen) atoms. The van der Waals surface area contributed by atoms with Crippen LogP contribution >= 0.6 is 0 Å². The van der Waals surface area contributed by atoms with Crippen LogP contribution in [0, 0.1) is 17.1 Å². The Hall–Kier alpha value is -2.49. The molecule has 1 aromatic heterocycles. The van der Waals surface area contributed by atoms with Gasteiger partial charge in [0.15, 0.2) is 5.82 Å². The lowest BCUT2D eigenvalue weighted by molar-refractivity contribution is -0.0451. The van der Waals surface area contributed by atoms with Crippen molar-refractivity contribution in [2.45, 2.75) is 75.2 Å². The van der Waals surface area contributed by atoms with E-state index in [0.29, 0.717) is 40.2 Å². The molecular weight excluding hydrogens is 472 g/mol. The predicted molar refractivity (Wildman–Crippen MR) is 132 cm³/mol. The molecule has 1 saturated heterocycles. The third-order valence-corrected chi connectivity index (χ3v) is 9.14.